The van der Waals surface area contributed by atoms with Crippen molar-refractivity contribution >= 4 is 34.5 Å². The van der Waals surface area contributed by atoms with Crippen LogP contribution >= 0.6 is 34.5 Å². The lowest BCUT2D eigenvalue weighted by Gasteiger charge is -2.35. The minimum Gasteiger partial charge on any atom is -0.314 e. The summed E-state index contributed by atoms with van der Waals surface area (Å²) in [6.45, 7) is 3.54. The van der Waals surface area contributed by atoms with Crippen LogP contribution in [-0.4, -0.2) is 31.1 Å². The number of thiophene rings is 1. The highest BCUT2D eigenvalue weighted by Crippen LogP contribution is 2.37. The molecule has 1 aromatic carbocycles. The van der Waals surface area contributed by atoms with E-state index >= 15 is 0 Å². The molecular weight excluding hydrogens is 330 g/mol. The molecule has 2 heterocycles. The Morgan fingerprint density at radius 2 is 1.90 bits per heavy atom. The number of hydrogen-bond donors (Lipinski definition) is 1. The Morgan fingerprint density at radius 1 is 1.14 bits per heavy atom. The van der Waals surface area contributed by atoms with E-state index in [-0.39, 0.29) is 16.9 Å². The van der Waals surface area contributed by atoms with Gasteiger partial charge in [-0.05, 0) is 18.2 Å². The van der Waals surface area contributed by atoms with Crippen LogP contribution < -0.4 is 5.32 Å². The van der Waals surface area contributed by atoms with Gasteiger partial charge in [0.25, 0.3) is 0 Å². The Morgan fingerprint density at radius 3 is 2.57 bits per heavy atom. The summed E-state index contributed by atoms with van der Waals surface area (Å²) in [7, 11) is 0. The molecule has 1 fully saturated rings. The van der Waals surface area contributed by atoms with Gasteiger partial charge in [0.2, 0.25) is 0 Å². The van der Waals surface area contributed by atoms with Gasteiger partial charge >= 0.3 is 0 Å². The summed E-state index contributed by atoms with van der Waals surface area (Å²) in [4.78, 5) is 3.32. The van der Waals surface area contributed by atoms with Crippen molar-refractivity contribution in [2.45, 2.75) is 6.04 Å². The van der Waals surface area contributed by atoms with Crippen LogP contribution in [0.5, 0.6) is 0 Å². The van der Waals surface area contributed by atoms with Crippen molar-refractivity contribution in [3.8, 4) is 0 Å². The number of piperazine rings is 1. The van der Waals surface area contributed by atoms with Gasteiger partial charge in [0.1, 0.15) is 5.82 Å². The van der Waals surface area contributed by atoms with E-state index < -0.39 is 0 Å². The lowest BCUT2D eigenvalue weighted by Crippen LogP contribution is -2.45. The molecule has 112 valence electrons. The third-order valence-electron chi connectivity index (χ3n) is 3.66. The number of rotatable bonds is 3. The topological polar surface area (TPSA) is 15.3 Å². The largest absolute Gasteiger partial charge is 0.314 e. The standard InChI is InChI=1S/C15H15Cl2FN2S/c16-11-3-1-2-10(14(11)18)15(12-4-5-13(17)21-12)20-8-6-19-7-9-20/h1-5,15,19H,6-9H2/t15-/m1/s1. The molecule has 1 aromatic heterocycles. The number of benzene rings is 1. The maximum Gasteiger partial charge on any atom is 0.146 e. The molecule has 1 atom stereocenters. The Kier molecular flexibility index (Phi) is 4.82. The minimum atomic E-state index is -0.341. The van der Waals surface area contributed by atoms with Gasteiger partial charge in [0, 0.05) is 36.6 Å². The molecule has 0 amide bonds. The van der Waals surface area contributed by atoms with Crippen molar-refractivity contribution in [1.29, 1.82) is 0 Å². The van der Waals surface area contributed by atoms with Gasteiger partial charge in [-0.1, -0.05) is 35.3 Å². The van der Waals surface area contributed by atoms with Crippen molar-refractivity contribution in [3.05, 3.63) is 55.9 Å². The molecule has 2 aromatic rings. The van der Waals surface area contributed by atoms with Crippen LogP contribution in [0.3, 0.4) is 0 Å². The number of nitrogens with zero attached hydrogens (tertiary/aromatic N) is 1. The summed E-state index contributed by atoms with van der Waals surface area (Å²) in [5.41, 5.74) is 0.614. The number of hydrogen-bond acceptors (Lipinski definition) is 3. The maximum atomic E-state index is 14.5. The fourth-order valence-electron chi connectivity index (χ4n) is 2.68. The summed E-state index contributed by atoms with van der Waals surface area (Å²) < 4.78 is 15.2. The average Bonchev–Trinajstić information content (AvgIpc) is 2.91. The van der Waals surface area contributed by atoms with E-state index in [1.54, 1.807) is 12.1 Å². The monoisotopic (exact) mass is 344 g/mol. The second-order valence-electron chi connectivity index (χ2n) is 4.97. The maximum absolute atomic E-state index is 14.5. The van der Waals surface area contributed by atoms with Gasteiger partial charge in [0.05, 0.1) is 15.4 Å². The van der Waals surface area contributed by atoms with Crippen molar-refractivity contribution in [1.82, 2.24) is 10.2 Å². The zero-order valence-corrected chi connectivity index (χ0v) is 13.6. The fraction of sp³-hybridized carbons (Fsp3) is 0.333. The lowest BCUT2D eigenvalue weighted by molar-refractivity contribution is 0.197. The van der Waals surface area contributed by atoms with Gasteiger partial charge in [-0.15, -0.1) is 11.3 Å². The highest BCUT2D eigenvalue weighted by molar-refractivity contribution is 7.16. The van der Waals surface area contributed by atoms with Gasteiger partial charge in [-0.2, -0.15) is 0 Å². The van der Waals surface area contributed by atoms with Crippen molar-refractivity contribution < 1.29 is 4.39 Å². The average molecular weight is 345 g/mol. The van der Waals surface area contributed by atoms with Crippen LogP contribution in [0, 0.1) is 5.82 Å². The third-order valence-corrected chi connectivity index (χ3v) is 5.23. The van der Waals surface area contributed by atoms with Gasteiger partial charge in [-0.25, -0.2) is 4.39 Å². The van der Waals surface area contributed by atoms with Crippen molar-refractivity contribution in [2.75, 3.05) is 26.2 Å². The van der Waals surface area contributed by atoms with E-state index in [0.29, 0.717) is 9.90 Å². The summed E-state index contributed by atoms with van der Waals surface area (Å²) in [6, 6.07) is 8.88. The normalized spacial score (nSPS) is 17.9. The Bertz CT molecular complexity index is 626. The third kappa shape index (κ3) is 3.25. The molecule has 3 rings (SSSR count). The Hall–Kier alpha value is -0.650. The second kappa shape index (κ2) is 6.63. The zero-order chi connectivity index (χ0) is 14.8. The second-order valence-corrected chi connectivity index (χ2v) is 7.13. The Labute approximate surface area is 137 Å². The summed E-state index contributed by atoms with van der Waals surface area (Å²) in [5.74, 6) is -0.341. The molecule has 0 unspecified atom stereocenters. The molecule has 0 bridgehead atoms. The first-order valence-electron chi connectivity index (χ1n) is 6.81. The molecule has 0 aliphatic carbocycles. The lowest BCUT2D eigenvalue weighted by atomic mass is 10.0. The van der Waals surface area contributed by atoms with E-state index in [1.807, 2.05) is 18.2 Å². The van der Waals surface area contributed by atoms with Crippen LogP contribution in [0.1, 0.15) is 16.5 Å². The summed E-state index contributed by atoms with van der Waals surface area (Å²) in [5, 5.41) is 3.48. The number of halogens is 3. The molecule has 0 saturated carbocycles. The minimum absolute atomic E-state index is 0.136. The molecule has 1 N–H and O–H groups in total. The van der Waals surface area contributed by atoms with Crippen molar-refractivity contribution in [3.63, 3.8) is 0 Å². The van der Waals surface area contributed by atoms with Crippen molar-refractivity contribution in [2.24, 2.45) is 0 Å². The molecule has 6 heteroatoms. The fourth-order valence-corrected chi connectivity index (χ4v) is 4.07. The van der Waals surface area contributed by atoms with Crippen LogP contribution in [0.2, 0.25) is 9.36 Å². The van der Waals surface area contributed by atoms with E-state index in [4.69, 9.17) is 23.2 Å². The highest BCUT2D eigenvalue weighted by atomic mass is 35.5. The van der Waals surface area contributed by atoms with E-state index in [9.17, 15) is 4.39 Å². The van der Waals surface area contributed by atoms with Crippen LogP contribution in [0.25, 0.3) is 0 Å². The summed E-state index contributed by atoms with van der Waals surface area (Å²) >= 11 is 13.5. The molecule has 21 heavy (non-hydrogen) atoms. The predicted octanol–water partition coefficient (Wildman–Crippen LogP) is 4.19. The molecular formula is C15H15Cl2FN2S. The van der Waals surface area contributed by atoms with E-state index in [1.165, 1.54) is 11.3 Å². The first-order chi connectivity index (χ1) is 10.2. The molecule has 2 nitrogen and oxygen atoms in total. The van der Waals surface area contributed by atoms with Crippen LogP contribution in [0.4, 0.5) is 4.39 Å². The van der Waals surface area contributed by atoms with E-state index in [2.05, 4.69) is 10.2 Å². The SMILES string of the molecule is Fc1c(Cl)cccc1[C@H](c1ccc(Cl)s1)N1CCNCC1. The van der Waals surface area contributed by atoms with Gasteiger partial charge in [-0.3, -0.25) is 4.90 Å². The molecule has 1 aliphatic rings. The molecule has 1 aliphatic heterocycles. The van der Waals surface area contributed by atoms with E-state index in [0.717, 1.165) is 31.1 Å². The predicted molar refractivity (Wildman–Crippen MR) is 87.0 cm³/mol. The van der Waals surface area contributed by atoms with Gasteiger partial charge < -0.3 is 5.32 Å². The first kappa shape index (κ1) is 15.3. The highest BCUT2D eigenvalue weighted by Gasteiger charge is 2.28. The zero-order valence-electron chi connectivity index (χ0n) is 11.3. The van der Waals surface area contributed by atoms with Crippen LogP contribution in [-0.2, 0) is 0 Å². The summed E-state index contributed by atoms with van der Waals surface area (Å²) in [6.07, 6.45) is 0. The smallest absolute Gasteiger partial charge is 0.146 e. The first-order valence-corrected chi connectivity index (χ1v) is 8.38. The Balaban J connectivity index is 2.04. The quantitative estimate of drug-likeness (QED) is 0.897. The number of nitrogens with one attached hydrogen (secondary N) is 1. The molecule has 0 radical (unpaired) electrons. The molecule has 0 spiro atoms. The van der Waals surface area contributed by atoms with Gasteiger partial charge in [0.15, 0.2) is 0 Å². The van der Waals surface area contributed by atoms with Crippen LogP contribution in [0.15, 0.2) is 30.3 Å². The molecule has 1 saturated heterocycles.